The molecule has 4 rings (SSSR count). The van der Waals surface area contributed by atoms with Crippen LogP contribution in [0.2, 0.25) is 10.0 Å². The van der Waals surface area contributed by atoms with Crippen LogP contribution in [-0.2, 0) is 6.61 Å². The quantitative estimate of drug-likeness (QED) is 0.442. The molecular weight excluding hydrogens is 399 g/mol. The molecule has 0 spiro atoms. The molecule has 0 aliphatic carbocycles. The van der Waals surface area contributed by atoms with Gasteiger partial charge in [-0.05, 0) is 12.1 Å². The molecule has 1 heterocycles. The summed E-state index contributed by atoms with van der Waals surface area (Å²) in [7, 11) is 0. The van der Waals surface area contributed by atoms with Crippen molar-refractivity contribution < 1.29 is 14.3 Å². The summed E-state index contributed by atoms with van der Waals surface area (Å²) in [4.78, 5) is 12.5. The fourth-order valence-corrected chi connectivity index (χ4v) is 3.40. The second-order valence-electron chi connectivity index (χ2n) is 6.15. The van der Waals surface area contributed by atoms with Crippen molar-refractivity contribution in [3.63, 3.8) is 0 Å². The van der Waals surface area contributed by atoms with Crippen LogP contribution in [0, 0.1) is 0 Å². The van der Waals surface area contributed by atoms with E-state index in [0.29, 0.717) is 27.1 Å². The third kappa shape index (κ3) is 3.57. The summed E-state index contributed by atoms with van der Waals surface area (Å²) in [5.41, 5.74) is 1.28. The number of aromatic hydroxyl groups is 1. The predicted molar refractivity (Wildman–Crippen MR) is 110 cm³/mol. The van der Waals surface area contributed by atoms with Crippen molar-refractivity contribution in [1.82, 2.24) is 0 Å². The van der Waals surface area contributed by atoms with Gasteiger partial charge in [-0.25, -0.2) is 0 Å². The van der Waals surface area contributed by atoms with Gasteiger partial charge in [-0.1, -0.05) is 59.6 Å². The Morgan fingerprint density at radius 2 is 1.64 bits per heavy atom. The summed E-state index contributed by atoms with van der Waals surface area (Å²) in [5.74, 6) is 0.518. The van der Waals surface area contributed by atoms with E-state index in [9.17, 15) is 9.90 Å². The molecule has 3 aromatic carbocycles. The van der Waals surface area contributed by atoms with Crippen LogP contribution in [0.5, 0.6) is 11.5 Å². The van der Waals surface area contributed by atoms with Gasteiger partial charge in [0.25, 0.3) is 0 Å². The molecule has 0 amide bonds. The van der Waals surface area contributed by atoms with Crippen LogP contribution in [-0.4, -0.2) is 5.11 Å². The van der Waals surface area contributed by atoms with E-state index in [-0.39, 0.29) is 28.8 Å². The van der Waals surface area contributed by atoms with E-state index in [1.807, 2.05) is 30.3 Å². The first-order valence-electron chi connectivity index (χ1n) is 8.45. The molecule has 1 aromatic heterocycles. The lowest BCUT2D eigenvalue weighted by molar-refractivity contribution is 0.304. The number of ether oxygens (including phenoxy) is 1. The number of hydrogen-bond acceptors (Lipinski definition) is 4. The van der Waals surface area contributed by atoms with Crippen LogP contribution in [0.15, 0.2) is 75.9 Å². The molecule has 0 bridgehead atoms. The first kappa shape index (κ1) is 18.4. The lowest BCUT2D eigenvalue weighted by Crippen LogP contribution is -2.02. The Balaban J connectivity index is 1.73. The Hall–Kier alpha value is -2.95. The van der Waals surface area contributed by atoms with Gasteiger partial charge in [0.2, 0.25) is 0 Å². The Labute approximate surface area is 170 Å². The molecule has 0 atom stereocenters. The van der Waals surface area contributed by atoms with Crippen LogP contribution in [0.1, 0.15) is 5.56 Å². The van der Waals surface area contributed by atoms with Crippen LogP contribution < -0.4 is 10.2 Å². The summed E-state index contributed by atoms with van der Waals surface area (Å²) in [6.07, 6.45) is 0. The number of phenols is 1. The summed E-state index contributed by atoms with van der Waals surface area (Å²) >= 11 is 12.3. The molecule has 6 heteroatoms. The van der Waals surface area contributed by atoms with Crippen molar-refractivity contribution in [3.05, 3.63) is 92.6 Å². The number of hydrogen-bond donors (Lipinski definition) is 1. The monoisotopic (exact) mass is 412 g/mol. The summed E-state index contributed by atoms with van der Waals surface area (Å²) in [5, 5.41) is 11.4. The van der Waals surface area contributed by atoms with E-state index < -0.39 is 0 Å². The molecule has 0 radical (unpaired) electrons. The minimum Gasteiger partial charge on any atom is -0.507 e. The zero-order valence-electron chi connectivity index (χ0n) is 14.5. The highest BCUT2D eigenvalue weighted by atomic mass is 35.5. The predicted octanol–water partition coefficient (Wildman–Crippen LogP) is 6.05. The van der Waals surface area contributed by atoms with Crippen LogP contribution >= 0.6 is 23.2 Å². The largest absolute Gasteiger partial charge is 0.507 e. The Morgan fingerprint density at radius 1 is 0.929 bits per heavy atom. The Morgan fingerprint density at radius 3 is 2.36 bits per heavy atom. The Bertz CT molecular complexity index is 1200. The minimum absolute atomic E-state index is 0.0998. The fourth-order valence-electron chi connectivity index (χ4n) is 2.90. The average molecular weight is 413 g/mol. The highest BCUT2D eigenvalue weighted by molar-refractivity contribution is 6.35. The number of fused-ring (bicyclic) bond motifs is 1. The van der Waals surface area contributed by atoms with Gasteiger partial charge in [-0.2, -0.15) is 0 Å². The first-order valence-corrected chi connectivity index (χ1v) is 9.20. The standard InChI is InChI=1S/C22H14Cl2O4/c23-16-7-4-8-17(24)15(16)12-27-14-9-18(25)22-19(26)11-20(28-21(22)10-14)13-5-2-1-3-6-13/h1-11,25H,12H2. The second-order valence-corrected chi connectivity index (χ2v) is 6.96. The number of benzene rings is 3. The lowest BCUT2D eigenvalue weighted by Gasteiger charge is -2.11. The van der Waals surface area contributed by atoms with E-state index in [4.69, 9.17) is 32.4 Å². The molecule has 0 saturated heterocycles. The van der Waals surface area contributed by atoms with Crippen molar-refractivity contribution in [1.29, 1.82) is 0 Å². The van der Waals surface area contributed by atoms with Gasteiger partial charge in [0.05, 0.1) is 0 Å². The molecule has 1 N–H and O–H groups in total. The zero-order chi connectivity index (χ0) is 19.7. The van der Waals surface area contributed by atoms with Crippen molar-refractivity contribution in [2.45, 2.75) is 6.61 Å². The number of rotatable bonds is 4. The molecule has 0 aliphatic rings. The van der Waals surface area contributed by atoms with Crippen LogP contribution in [0.3, 0.4) is 0 Å². The van der Waals surface area contributed by atoms with Crippen LogP contribution in [0.25, 0.3) is 22.3 Å². The van der Waals surface area contributed by atoms with Crippen molar-refractivity contribution >= 4 is 34.2 Å². The molecule has 0 fully saturated rings. The average Bonchev–Trinajstić information content (AvgIpc) is 2.67. The lowest BCUT2D eigenvalue weighted by atomic mass is 10.1. The second kappa shape index (κ2) is 7.58. The smallest absolute Gasteiger partial charge is 0.197 e. The van der Waals surface area contributed by atoms with Gasteiger partial charge >= 0.3 is 0 Å². The van der Waals surface area contributed by atoms with Gasteiger partial charge < -0.3 is 14.3 Å². The summed E-state index contributed by atoms with van der Waals surface area (Å²) in [6.45, 7) is 0.103. The molecule has 4 aromatic rings. The van der Waals surface area contributed by atoms with Crippen LogP contribution in [0.4, 0.5) is 0 Å². The van der Waals surface area contributed by atoms with E-state index in [1.54, 1.807) is 24.3 Å². The highest BCUT2D eigenvalue weighted by Crippen LogP contribution is 2.32. The summed E-state index contributed by atoms with van der Waals surface area (Å²) < 4.78 is 11.6. The maximum Gasteiger partial charge on any atom is 0.197 e. The van der Waals surface area contributed by atoms with Gasteiger partial charge in [0, 0.05) is 39.4 Å². The highest BCUT2D eigenvalue weighted by Gasteiger charge is 2.14. The molecule has 4 nitrogen and oxygen atoms in total. The molecule has 0 aliphatic heterocycles. The van der Waals surface area contributed by atoms with Gasteiger partial charge in [-0.3, -0.25) is 4.79 Å². The van der Waals surface area contributed by atoms with E-state index >= 15 is 0 Å². The maximum absolute atomic E-state index is 12.5. The van der Waals surface area contributed by atoms with Gasteiger partial charge in [0.15, 0.2) is 5.43 Å². The SMILES string of the molecule is O=c1cc(-c2ccccc2)oc2cc(OCc3c(Cl)cccc3Cl)cc(O)c12. The first-order chi connectivity index (χ1) is 13.5. The van der Waals surface area contributed by atoms with Gasteiger partial charge in [-0.15, -0.1) is 0 Å². The fraction of sp³-hybridized carbons (Fsp3) is 0.0455. The third-order valence-corrected chi connectivity index (χ3v) is 4.99. The minimum atomic E-state index is -0.335. The molecule has 28 heavy (non-hydrogen) atoms. The molecule has 140 valence electrons. The molecule has 0 saturated carbocycles. The Kier molecular flexibility index (Phi) is 4.99. The van der Waals surface area contributed by atoms with E-state index in [0.717, 1.165) is 5.56 Å². The third-order valence-electron chi connectivity index (χ3n) is 4.29. The van der Waals surface area contributed by atoms with Crippen molar-refractivity contribution in [2.75, 3.05) is 0 Å². The number of halogens is 2. The van der Waals surface area contributed by atoms with E-state index in [1.165, 1.54) is 12.1 Å². The van der Waals surface area contributed by atoms with Crippen molar-refractivity contribution in [3.8, 4) is 22.8 Å². The van der Waals surface area contributed by atoms with Gasteiger partial charge in [0.1, 0.15) is 34.8 Å². The molecule has 0 unspecified atom stereocenters. The normalized spacial score (nSPS) is 10.9. The summed E-state index contributed by atoms with van der Waals surface area (Å²) in [6, 6.07) is 18.7. The topological polar surface area (TPSA) is 59.7 Å². The van der Waals surface area contributed by atoms with Crippen molar-refractivity contribution in [2.24, 2.45) is 0 Å². The maximum atomic E-state index is 12.5. The molecular formula is C22H14Cl2O4. The van der Waals surface area contributed by atoms with E-state index in [2.05, 4.69) is 0 Å². The zero-order valence-corrected chi connectivity index (χ0v) is 16.0. The number of phenolic OH excluding ortho intramolecular Hbond substituents is 1.